The van der Waals surface area contributed by atoms with Crippen molar-refractivity contribution in [1.29, 1.82) is 0 Å². The normalized spacial score (nSPS) is 9.94. The number of H-pyrrole nitrogens is 1. The van der Waals surface area contributed by atoms with Crippen LogP contribution in [0.25, 0.3) is 0 Å². The van der Waals surface area contributed by atoms with Gasteiger partial charge in [-0.25, -0.2) is 0 Å². The van der Waals surface area contributed by atoms with E-state index in [9.17, 15) is 9.59 Å². The number of aromatic nitrogens is 3. The van der Waals surface area contributed by atoms with Crippen molar-refractivity contribution in [3.05, 3.63) is 51.0 Å². The molecule has 0 saturated heterocycles. The van der Waals surface area contributed by atoms with E-state index in [1.165, 1.54) is 7.75 Å². The summed E-state index contributed by atoms with van der Waals surface area (Å²) < 4.78 is 2.87. The zero-order valence-electron chi connectivity index (χ0n) is 9.21. The third kappa shape index (κ3) is 3.29. The molecule has 0 unspecified atom stereocenters. The molecule has 1 heterocycles. The quantitative estimate of drug-likeness (QED) is 0.539. The Kier molecular flexibility index (Phi) is 4.17. The van der Waals surface area contributed by atoms with Gasteiger partial charge in [-0.05, 0) is 0 Å². The molecule has 2 aromatic rings. The average Bonchev–Trinajstić information content (AvgIpc) is 2.33. The Bertz CT molecular complexity index is 623. The van der Waals surface area contributed by atoms with Crippen LogP contribution in [0.4, 0.5) is 0 Å². The summed E-state index contributed by atoms with van der Waals surface area (Å²) in [5.41, 5.74) is -1.39. The van der Waals surface area contributed by atoms with Gasteiger partial charge in [0.2, 0.25) is 0 Å². The zero-order chi connectivity index (χ0) is 12.3. The third-order valence-electron chi connectivity index (χ3n) is 2.16. The standard InChI is InChI=1S/C6H5.C4H5N3O2S.Hg/c1-2-4-6-5-3-1;1-7-4(10)5-2(8)3(9)6-7;/h1-5H;1H3,(H,6,9)(H,5,8,10);/q;;+1/p-1. The van der Waals surface area contributed by atoms with Crippen LogP contribution in [0.5, 0.6) is 0 Å². The predicted octanol–water partition coefficient (Wildman–Crippen LogP) is -0.116. The van der Waals surface area contributed by atoms with E-state index in [0.29, 0.717) is 5.16 Å². The van der Waals surface area contributed by atoms with Crippen molar-refractivity contribution < 1.29 is 23.1 Å². The van der Waals surface area contributed by atoms with Gasteiger partial charge in [-0.1, -0.05) is 0 Å². The molecular formula is C10H9HgN3O2S. The molecule has 0 amide bonds. The van der Waals surface area contributed by atoms with E-state index in [0.717, 1.165) is 0 Å². The maximum absolute atomic E-state index is 11.1. The van der Waals surface area contributed by atoms with E-state index in [1.54, 1.807) is 15.3 Å². The fraction of sp³-hybridized carbons (Fsp3) is 0.100. The number of aryl methyl sites for hydroxylation is 1. The Balaban J connectivity index is 2.18. The summed E-state index contributed by atoms with van der Waals surface area (Å²) in [6, 6.07) is 10.2. The summed E-state index contributed by atoms with van der Waals surface area (Å²) in [6.07, 6.45) is 0. The summed E-state index contributed by atoms with van der Waals surface area (Å²) in [6.45, 7) is 0. The molecule has 2 rings (SSSR count). The maximum atomic E-state index is 11.1. The molecular weight excluding hydrogens is 427 g/mol. The number of nitrogens with one attached hydrogen (secondary N) is 1. The van der Waals surface area contributed by atoms with Gasteiger partial charge in [-0.2, -0.15) is 0 Å². The van der Waals surface area contributed by atoms with Gasteiger partial charge < -0.3 is 0 Å². The fourth-order valence-electron chi connectivity index (χ4n) is 1.31. The summed E-state index contributed by atoms with van der Waals surface area (Å²) in [5.74, 6) is 0. The van der Waals surface area contributed by atoms with Crippen LogP contribution in [0.2, 0.25) is 0 Å². The first-order chi connectivity index (χ1) is 8.16. The van der Waals surface area contributed by atoms with E-state index < -0.39 is 34.2 Å². The molecule has 5 nitrogen and oxygen atoms in total. The van der Waals surface area contributed by atoms with E-state index in [4.69, 9.17) is 0 Å². The van der Waals surface area contributed by atoms with Crippen LogP contribution in [0.3, 0.4) is 0 Å². The summed E-state index contributed by atoms with van der Waals surface area (Å²) in [5, 5.41) is 3.04. The molecule has 1 N–H and O–H groups in total. The van der Waals surface area contributed by atoms with Crippen molar-refractivity contribution >= 4 is 11.3 Å². The first-order valence-corrected chi connectivity index (χ1v) is 15.5. The molecule has 17 heavy (non-hydrogen) atoms. The van der Waals surface area contributed by atoms with Crippen LogP contribution in [-0.4, -0.2) is 14.8 Å². The number of benzene rings is 1. The van der Waals surface area contributed by atoms with Gasteiger partial charge in [0.25, 0.3) is 0 Å². The van der Waals surface area contributed by atoms with Crippen molar-refractivity contribution in [2.24, 2.45) is 7.05 Å². The molecule has 0 fully saturated rings. The van der Waals surface area contributed by atoms with Crippen molar-refractivity contribution in [1.82, 2.24) is 14.8 Å². The molecule has 0 bridgehead atoms. The van der Waals surface area contributed by atoms with Crippen molar-refractivity contribution in [2.45, 2.75) is 5.16 Å². The molecule has 0 atom stereocenters. The molecule has 7 heteroatoms. The van der Waals surface area contributed by atoms with Gasteiger partial charge in [-0.3, -0.25) is 0 Å². The summed E-state index contributed by atoms with van der Waals surface area (Å²) >= 11 is -1.36. The number of aromatic amines is 1. The van der Waals surface area contributed by atoms with Crippen LogP contribution in [0, 0.1) is 0 Å². The topological polar surface area (TPSA) is 67.8 Å². The second kappa shape index (κ2) is 5.64. The number of hydrogen-bond donors (Lipinski definition) is 1. The van der Waals surface area contributed by atoms with Crippen molar-refractivity contribution in [3.63, 3.8) is 0 Å². The molecule has 0 aliphatic heterocycles. The van der Waals surface area contributed by atoms with Crippen LogP contribution < -0.4 is 14.2 Å². The summed E-state index contributed by atoms with van der Waals surface area (Å²) in [4.78, 5) is 25.9. The first-order valence-electron chi connectivity index (χ1n) is 5.01. The van der Waals surface area contributed by atoms with E-state index >= 15 is 0 Å². The molecule has 1 aromatic carbocycles. The zero-order valence-corrected chi connectivity index (χ0v) is 15.5. The number of rotatable bonds is 3. The van der Waals surface area contributed by atoms with Gasteiger partial charge in [0, 0.05) is 0 Å². The molecule has 1 aromatic heterocycles. The van der Waals surface area contributed by atoms with Crippen molar-refractivity contribution in [2.75, 3.05) is 0 Å². The molecule has 0 aliphatic carbocycles. The molecule has 0 saturated carbocycles. The van der Waals surface area contributed by atoms with Gasteiger partial charge in [-0.15, -0.1) is 0 Å². The Morgan fingerprint density at radius 3 is 2.71 bits per heavy atom. The van der Waals surface area contributed by atoms with Gasteiger partial charge >= 0.3 is 112 Å². The Hall–Kier alpha value is -0.885. The molecule has 0 spiro atoms. The second-order valence-electron chi connectivity index (χ2n) is 3.47. The van der Waals surface area contributed by atoms with Crippen LogP contribution >= 0.6 is 8.24 Å². The first kappa shape index (κ1) is 12.6. The van der Waals surface area contributed by atoms with Crippen LogP contribution in [0.1, 0.15) is 0 Å². The third-order valence-corrected chi connectivity index (χ3v) is 13.7. The molecule has 0 aliphatic rings. The Morgan fingerprint density at radius 2 is 2.00 bits per heavy atom. The van der Waals surface area contributed by atoms with Crippen LogP contribution in [0.15, 0.2) is 45.1 Å². The second-order valence-corrected chi connectivity index (χ2v) is 14.3. The molecule has 0 radical (unpaired) electrons. The minimum absolute atomic E-state index is 0.597. The predicted molar refractivity (Wildman–Crippen MR) is 62.0 cm³/mol. The van der Waals surface area contributed by atoms with E-state index in [1.807, 2.05) is 18.2 Å². The van der Waals surface area contributed by atoms with Crippen LogP contribution in [-0.2, 0) is 30.1 Å². The van der Waals surface area contributed by atoms with E-state index in [2.05, 4.69) is 22.2 Å². The fourth-order valence-corrected chi connectivity index (χ4v) is 11.9. The van der Waals surface area contributed by atoms with Gasteiger partial charge in [0.05, 0.1) is 0 Å². The monoisotopic (exact) mass is 437 g/mol. The van der Waals surface area contributed by atoms with Gasteiger partial charge in [0.1, 0.15) is 0 Å². The SMILES string of the molecule is Cn1[nH]c(=O)c(=O)nc1[S][Hg][c]1ccccc1. The Morgan fingerprint density at radius 1 is 1.29 bits per heavy atom. The number of nitrogens with zero attached hydrogens (tertiary/aromatic N) is 2. The Labute approximate surface area is 112 Å². The van der Waals surface area contributed by atoms with Crippen molar-refractivity contribution in [3.8, 4) is 0 Å². The average molecular weight is 436 g/mol. The summed E-state index contributed by atoms with van der Waals surface area (Å²) in [7, 11) is 3.32. The molecule has 84 valence electrons. The number of hydrogen-bond acceptors (Lipinski definition) is 4. The van der Waals surface area contributed by atoms with E-state index in [-0.39, 0.29) is 0 Å². The minimum atomic E-state index is -1.36. The van der Waals surface area contributed by atoms with Gasteiger partial charge in [0.15, 0.2) is 0 Å².